The minimum Gasteiger partial charge on any atom is -0.437 e. The SMILES string of the molecule is Cl.Cl.O=C(NC1CCCNC1)c1ccc(Oc2cccc(Cl)c2Cl)nc1. The van der Waals surface area contributed by atoms with Gasteiger partial charge in [0.25, 0.3) is 5.91 Å². The number of hydrogen-bond donors (Lipinski definition) is 2. The summed E-state index contributed by atoms with van der Waals surface area (Å²) < 4.78 is 5.61. The molecule has 9 heteroatoms. The second-order valence-electron chi connectivity index (χ2n) is 5.56. The number of aromatic nitrogens is 1. The van der Waals surface area contributed by atoms with Crippen LogP contribution in [0.4, 0.5) is 0 Å². The first-order valence-electron chi connectivity index (χ1n) is 7.73. The van der Waals surface area contributed by atoms with Crippen molar-refractivity contribution in [2.24, 2.45) is 0 Å². The van der Waals surface area contributed by atoms with Gasteiger partial charge in [0.15, 0.2) is 0 Å². The van der Waals surface area contributed by atoms with Crippen molar-refractivity contribution in [3.8, 4) is 11.6 Å². The second-order valence-corrected chi connectivity index (χ2v) is 6.34. The van der Waals surface area contributed by atoms with E-state index in [9.17, 15) is 4.79 Å². The Morgan fingerprint density at radius 3 is 2.69 bits per heavy atom. The number of halogens is 4. The molecule has 1 aliphatic heterocycles. The number of piperidine rings is 1. The van der Waals surface area contributed by atoms with Crippen LogP contribution in [-0.2, 0) is 0 Å². The Hall–Kier alpha value is -1.24. The molecule has 26 heavy (non-hydrogen) atoms. The Bertz CT molecular complexity index is 722. The number of pyridine rings is 1. The molecular formula is C17H19Cl4N3O2. The maximum absolute atomic E-state index is 12.2. The lowest BCUT2D eigenvalue weighted by molar-refractivity contribution is 0.0930. The predicted octanol–water partition coefficient (Wildman–Crippen LogP) is 4.51. The van der Waals surface area contributed by atoms with Gasteiger partial charge in [0.2, 0.25) is 5.88 Å². The number of hydrogen-bond acceptors (Lipinski definition) is 4. The topological polar surface area (TPSA) is 63.2 Å². The molecule has 1 atom stereocenters. The Labute approximate surface area is 174 Å². The average Bonchev–Trinajstić information content (AvgIpc) is 2.60. The molecule has 2 N–H and O–H groups in total. The molecule has 2 heterocycles. The largest absolute Gasteiger partial charge is 0.437 e. The molecule has 0 spiro atoms. The van der Waals surface area contributed by atoms with E-state index in [1.54, 1.807) is 30.3 Å². The molecule has 1 fully saturated rings. The zero-order valence-electron chi connectivity index (χ0n) is 13.7. The summed E-state index contributed by atoms with van der Waals surface area (Å²) in [6, 6.07) is 8.58. The molecule has 1 unspecified atom stereocenters. The van der Waals surface area contributed by atoms with E-state index in [4.69, 9.17) is 27.9 Å². The van der Waals surface area contributed by atoms with Gasteiger partial charge in [-0.15, -0.1) is 24.8 Å². The summed E-state index contributed by atoms with van der Waals surface area (Å²) in [4.78, 5) is 16.4. The third kappa shape index (κ3) is 5.89. The van der Waals surface area contributed by atoms with E-state index in [1.165, 1.54) is 6.20 Å². The maximum atomic E-state index is 12.2. The standard InChI is InChI=1S/C17H17Cl2N3O2.2ClH/c18-13-4-1-5-14(16(13)19)24-15-7-6-11(9-21-15)17(23)22-12-3-2-8-20-10-12;;/h1,4-7,9,12,20H,2-3,8,10H2,(H,22,23);2*1H. The number of nitrogens with zero attached hydrogens (tertiary/aromatic N) is 1. The van der Waals surface area contributed by atoms with Gasteiger partial charge in [-0.3, -0.25) is 4.79 Å². The molecule has 1 amide bonds. The highest BCUT2D eigenvalue weighted by atomic mass is 35.5. The molecule has 142 valence electrons. The van der Waals surface area contributed by atoms with Gasteiger partial charge in [-0.1, -0.05) is 29.3 Å². The van der Waals surface area contributed by atoms with Crippen LogP contribution in [0.1, 0.15) is 23.2 Å². The van der Waals surface area contributed by atoms with Crippen LogP contribution in [0.25, 0.3) is 0 Å². The fraction of sp³-hybridized carbons (Fsp3) is 0.294. The van der Waals surface area contributed by atoms with Crippen molar-refractivity contribution in [3.63, 3.8) is 0 Å². The van der Waals surface area contributed by atoms with Crippen LogP contribution in [-0.4, -0.2) is 30.0 Å². The van der Waals surface area contributed by atoms with Crippen LogP contribution < -0.4 is 15.4 Å². The Balaban J connectivity index is 0.00000169. The lowest BCUT2D eigenvalue weighted by atomic mass is 10.1. The first-order valence-corrected chi connectivity index (χ1v) is 8.48. The van der Waals surface area contributed by atoms with E-state index in [2.05, 4.69) is 15.6 Å². The van der Waals surface area contributed by atoms with Crippen LogP contribution in [0, 0.1) is 0 Å². The Morgan fingerprint density at radius 1 is 1.23 bits per heavy atom. The number of amides is 1. The number of rotatable bonds is 4. The summed E-state index contributed by atoms with van der Waals surface area (Å²) in [6.07, 6.45) is 3.54. The van der Waals surface area contributed by atoms with Gasteiger partial charge in [0.1, 0.15) is 10.8 Å². The molecule has 3 rings (SSSR count). The van der Waals surface area contributed by atoms with Gasteiger partial charge in [-0.25, -0.2) is 4.98 Å². The number of carbonyl (C=O) groups excluding carboxylic acids is 1. The van der Waals surface area contributed by atoms with E-state index in [0.717, 1.165) is 25.9 Å². The number of benzene rings is 1. The van der Waals surface area contributed by atoms with E-state index >= 15 is 0 Å². The zero-order chi connectivity index (χ0) is 16.9. The Kier molecular flexibility index (Phi) is 9.47. The van der Waals surface area contributed by atoms with E-state index in [0.29, 0.717) is 27.2 Å². The highest BCUT2D eigenvalue weighted by molar-refractivity contribution is 6.42. The first-order chi connectivity index (χ1) is 11.6. The van der Waals surface area contributed by atoms with Crippen molar-refractivity contribution in [1.82, 2.24) is 15.6 Å². The maximum Gasteiger partial charge on any atom is 0.253 e. The number of carbonyl (C=O) groups is 1. The van der Waals surface area contributed by atoms with Crippen molar-refractivity contribution < 1.29 is 9.53 Å². The molecule has 1 aromatic carbocycles. The third-order valence-corrected chi connectivity index (χ3v) is 4.56. The normalized spacial score (nSPS) is 16.0. The van der Waals surface area contributed by atoms with Crippen molar-refractivity contribution >= 4 is 53.9 Å². The predicted molar refractivity (Wildman–Crippen MR) is 109 cm³/mol. The summed E-state index contributed by atoms with van der Waals surface area (Å²) in [5.74, 6) is 0.626. The summed E-state index contributed by atoms with van der Waals surface area (Å²) in [5, 5.41) is 7.00. The van der Waals surface area contributed by atoms with Crippen LogP contribution in [0.5, 0.6) is 11.6 Å². The summed E-state index contributed by atoms with van der Waals surface area (Å²) in [5.41, 5.74) is 0.491. The highest BCUT2D eigenvalue weighted by Gasteiger charge is 2.16. The van der Waals surface area contributed by atoms with Gasteiger partial charge in [-0.2, -0.15) is 0 Å². The van der Waals surface area contributed by atoms with Gasteiger partial charge < -0.3 is 15.4 Å². The van der Waals surface area contributed by atoms with Crippen LogP contribution in [0.3, 0.4) is 0 Å². The smallest absolute Gasteiger partial charge is 0.253 e. The molecule has 1 aromatic heterocycles. The van der Waals surface area contributed by atoms with E-state index in [1.807, 2.05) is 0 Å². The molecule has 1 saturated heterocycles. The van der Waals surface area contributed by atoms with Crippen LogP contribution in [0.2, 0.25) is 10.0 Å². The van der Waals surface area contributed by atoms with E-state index < -0.39 is 0 Å². The minimum absolute atomic E-state index is 0. The Morgan fingerprint density at radius 2 is 2.04 bits per heavy atom. The number of nitrogens with one attached hydrogen (secondary N) is 2. The molecular weight excluding hydrogens is 420 g/mol. The molecule has 0 aliphatic carbocycles. The monoisotopic (exact) mass is 437 g/mol. The van der Waals surface area contributed by atoms with Crippen molar-refractivity contribution in [3.05, 3.63) is 52.1 Å². The van der Waals surface area contributed by atoms with Gasteiger partial charge in [0, 0.05) is 24.8 Å². The zero-order valence-corrected chi connectivity index (χ0v) is 16.9. The molecule has 0 saturated carbocycles. The highest BCUT2D eigenvalue weighted by Crippen LogP contribution is 2.33. The first kappa shape index (κ1) is 22.8. The molecule has 0 radical (unpaired) electrons. The molecule has 2 aromatic rings. The molecule has 5 nitrogen and oxygen atoms in total. The summed E-state index contributed by atoms with van der Waals surface area (Å²) >= 11 is 12.0. The molecule has 1 aliphatic rings. The third-order valence-electron chi connectivity index (χ3n) is 3.76. The fourth-order valence-corrected chi connectivity index (χ4v) is 2.82. The fourth-order valence-electron chi connectivity index (χ4n) is 2.49. The average molecular weight is 439 g/mol. The quantitative estimate of drug-likeness (QED) is 0.737. The van der Waals surface area contributed by atoms with Crippen molar-refractivity contribution in [2.45, 2.75) is 18.9 Å². The van der Waals surface area contributed by atoms with Gasteiger partial charge in [0.05, 0.1) is 10.6 Å². The van der Waals surface area contributed by atoms with Gasteiger partial charge >= 0.3 is 0 Å². The minimum atomic E-state index is -0.136. The van der Waals surface area contributed by atoms with E-state index in [-0.39, 0.29) is 36.8 Å². The number of ether oxygens (including phenoxy) is 1. The van der Waals surface area contributed by atoms with Crippen molar-refractivity contribution in [2.75, 3.05) is 13.1 Å². The second kappa shape index (κ2) is 10.8. The summed E-state index contributed by atoms with van der Waals surface area (Å²) in [6.45, 7) is 1.81. The lowest BCUT2D eigenvalue weighted by Crippen LogP contribution is -2.45. The van der Waals surface area contributed by atoms with Crippen molar-refractivity contribution in [1.29, 1.82) is 0 Å². The molecule has 0 bridgehead atoms. The van der Waals surface area contributed by atoms with Crippen LogP contribution in [0.15, 0.2) is 36.5 Å². The lowest BCUT2D eigenvalue weighted by Gasteiger charge is -2.23. The van der Waals surface area contributed by atoms with Gasteiger partial charge in [-0.05, 0) is 37.6 Å². The van der Waals surface area contributed by atoms with Crippen LogP contribution >= 0.6 is 48.0 Å². The summed E-state index contributed by atoms with van der Waals surface area (Å²) in [7, 11) is 0.